The summed E-state index contributed by atoms with van der Waals surface area (Å²) < 4.78 is 12.0. The predicted molar refractivity (Wildman–Crippen MR) is 45.2 cm³/mol. The maximum Gasteiger partial charge on any atom is 0.275 e. The van der Waals surface area contributed by atoms with E-state index in [-0.39, 0.29) is 11.5 Å². The number of hydrogen-bond acceptors (Lipinski definition) is 1. The number of amides is 1. The number of allylic oxidation sites excluding steroid dienone is 1. The van der Waals surface area contributed by atoms with E-state index >= 15 is 0 Å². The summed E-state index contributed by atoms with van der Waals surface area (Å²) >= 11 is 0. The molecule has 68 valence electrons. The minimum absolute atomic E-state index is 0.242. The van der Waals surface area contributed by atoms with Gasteiger partial charge in [-0.05, 0) is 19.4 Å². The van der Waals surface area contributed by atoms with Gasteiger partial charge < -0.3 is 11.5 Å². The van der Waals surface area contributed by atoms with Crippen molar-refractivity contribution in [3.63, 3.8) is 0 Å². The Hall–Kier alpha value is -1.39. The molecule has 0 aliphatic heterocycles. The van der Waals surface area contributed by atoms with Gasteiger partial charge in [0.15, 0.2) is 5.96 Å². The number of nitrogens with two attached hydrogens (primary N) is 2. The molecule has 0 radical (unpaired) electrons. The highest BCUT2D eigenvalue weighted by Gasteiger charge is 2.05. The van der Waals surface area contributed by atoms with Crippen LogP contribution in [-0.2, 0) is 4.79 Å². The van der Waals surface area contributed by atoms with Crippen LogP contribution in [0.2, 0.25) is 0 Å². The Morgan fingerprint density at radius 2 is 1.92 bits per heavy atom. The number of aliphatic imine (C=N–C) groups is 1. The average molecular weight is 173 g/mol. The zero-order valence-corrected chi connectivity index (χ0v) is 7.10. The highest BCUT2D eigenvalue weighted by molar-refractivity contribution is 6.01. The molecule has 0 aliphatic rings. The molecule has 0 aromatic rings. The first kappa shape index (κ1) is 10.6. The monoisotopic (exact) mass is 173 g/mol. The average Bonchev–Trinajstić information content (AvgIpc) is 2.00. The Morgan fingerprint density at radius 1 is 1.42 bits per heavy atom. The van der Waals surface area contributed by atoms with Crippen molar-refractivity contribution in [2.45, 2.75) is 13.8 Å². The second-order valence-corrected chi connectivity index (χ2v) is 2.38. The second kappa shape index (κ2) is 4.48. The molecule has 0 aliphatic carbocycles. The number of carbonyl (C=O) groups excluding carboxylic acids is 1. The number of nitrogens with zero attached hydrogens (tertiary/aromatic N) is 1. The molecule has 0 bridgehead atoms. The van der Waals surface area contributed by atoms with Crippen molar-refractivity contribution < 1.29 is 9.18 Å². The Morgan fingerprint density at radius 3 is 2.25 bits per heavy atom. The van der Waals surface area contributed by atoms with Crippen molar-refractivity contribution in [2.24, 2.45) is 16.5 Å². The van der Waals surface area contributed by atoms with Gasteiger partial charge in [-0.25, -0.2) is 4.39 Å². The SMILES string of the molecule is C/C(CF)=C(\C)C(=O)N=C(N)N. The summed E-state index contributed by atoms with van der Waals surface area (Å²) in [7, 11) is 0. The van der Waals surface area contributed by atoms with E-state index in [2.05, 4.69) is 4.99 Å². The van der Waals surface area contributed by atoms with Gasteiger partial charge in [0.25, 0.3) is 5.91 Å². The third kappa shape index (κ3) is 3.14. The molecule has 0 aromatic carbocycles. The van der Waals surface area contributed by atoms with Crippen molar-refractivity contribution in [2.75, 3.05) is 6.67 Å². The Kier molecular flexibility index (Phi) is 3.96. The van der Waals surface area contributed by atoms with Gasteiger partial charge in [-0.15, -0.1) is 0 Å². The molecular weight excluding hydrogens is 161 g/mol. The lowest BCUT2D eigenvalue weighted by atomic mass is 10.1. The summed E-state index contributed by atoms with van der Waals surface area (Å²) in [6.45, 7) is 2.32. The summed E-state index contributed by atoms with van der Waals surface area (Å²) in [5.74, 6) is -0.906. The van der Waals surface area contributed by atoms with Crippen LogP contribution in [0.15, 0.2) is 16.1 Å². The highest BCUT2D eigenvalue weighted by atomic mass is 19.1. The zero-order valence-electron chi connectivity index (χ0n) is 7.10. The fourth-order valence-electron chi connectivity index (χ4n) is 0.484. The van der Waals surface area contributed by atoms with E-state index in [1.165, 1.54) is 13.8 Å². The third-order valence-corrected chi connectivity index (χ3v) is 1.39. The molecule has 1 amide bonds. The molecule has 0 heterocycles. The van der Waals surface area contributed by atoms with Crippen LogP contribution in [0.3, 0.4) is 0 Å². The first-order chi connectivity index (χ1) is 5.49. The number of alkyl halides is 1. The predicted octanol–water partition coefficient (Wildman–Crippen LogP) is 0.0923. The van der Waals surface area contributed by atoms with Crippen LogP contribution in [0, 0.1) is 0 Å². The van der Waals surface area contributed by atoms with Crippen molar-refractivity contribution in [1.29, 1.82) is 0 Å². The van der Waals surface area contributed by atoms with Crippen LogP contribution in [0.4, 0.5) is 4.39 Å². The third-order valence-electron chi connectivity index (χ3n) is 1.39. The number of guanidine groups is 1. The van der Waals surface area contributed by atoms with Gasteiger partial charge in [0.2, 0.25) is 0 Å². The summed E-state index contributed by atoms with van der Waals surface area (Å²) in [6, 6.07) is 0. The fraction of sp³-hybridized carbons (Fsp3) is 0.429. The molecule has 0 aromatic heterocycles. The molecule has 4 nitrogen and oxygen atoms in total. The fourth-order valence-corrected chi connectivity index (χ4v) is 0.484. The minimum Gasteiger partial charge on any atom is -0.370 e. The smallest absolute Gasteiger partial charge is 0.275 e. The zero-order chi connectivity index (χ0) is 9.72. The molecule has 0 spiro atoms. The lowest BCUT2D eigenvalue weighted by molar-refractivity contribution is -0.114. The number of hydrogen-bond donors (Lipinski definition) is 2. The summed E-state index contributed by atoms with van der Waals surface area (Å²) in [5, 5.41) is 0. The van der Waals surface area contributed by atoms with Crippen molar-refractivity contribution >= 4 is 11.9 Å². The maximum atomic E-state index is 12.0. The molecule has 5 heteroatoms. The van der Waals surface area contributed by atoms with E-state index in [0.29, 0.717) is 5.57 Å². The van der Waals surface area contributed by atoms with Crippen LogP contribution in [0.1, 0.15) is 13.8 Å². The van der Waals surface area contributed by atoms with Crippen molar-refractivity contribution in [3.8, 4) is 0 Å². The van der Waals surface area contributed by atoms with Gasteiger partial charge in [0.05, 0.1) is 0 Å². The van der Waals surface area contributed by atoms with Crippen molar-refractivity contribution in [1.82, 2.24) is 0 Å². The molecule has 0 saturated heterocycles. The first-order valence-electron chi connectivity index (χ1n) is 3.35. The van der Waals surface area contributed by atoms with Gasteiger partial charge in [-0.1, -0.05) is 0 Å². The molecule has 0 unspecified atom stereocenters. The minimum atomic E-state index is -0.669. The van der Waals surface area contributed by atoms with Gasteiger partial charge >= 0.3 is 0 Å². The lowest BCUT2D eigenvalue weighted by Crippen LogP contribution is -2.24. The largest absolute Gasteiger partial charge is 0.370 e. The van der Waals surface area contributed by atoms with Gasteiger partial charge in [0.1, 0.15) is 6.67 Å². The Balaban J connectivity index is 4.62. The van der Waals surface area contributed by atoms with E-state index in [4.69, 9.17) is 11.5 Å². The normalized spacial score (nSPS) is 11.9. The van der Waals surface area contributed by atoms with Gasteiger partial charge in [0, 0.05) is 5.57 Å². The first-order valence-corrected chi connectivity index (χ1v) is 3.35. The van der Waals surface area contributed by atoms with E-state index in [1.54, 1.807) is 0 Å². The van der Waals surface area contributed by atoms with E-state index in [1.807, 2.05) is 0 Å². The topological polar surface area (TPSA) is 81.5 Å². The van der Waals surface area contributed by atoms with Crippen LogP contribution in [0.5, 0.6) is 0 Å². The summed E-state index contributed by atoms with van der Waals surface area (Å²) in [6.07, 6.45) is 0. The number of halogens is 1. The molecule has 12 heavy (non-hydrogen) atoms. The molecule has 0 atom stereocenters. The molecule has 0 rings (SSSR count). The van der Waals surface area contributed by atoms with E-state index in [9.17, 15) is 9.18 Å². The molecular formula is C7H12FN3O. The van der Waals surface area contributed by atoms with E-state index < -0.39 is 12.6 Å². The molecule has 0 saturated carbocycles. The second-order valence-electron chi connectivity index (χ2n) is 2.38. The highest BCUT2D eigenvalue weighted by Crippen LogP contribution is 2.05. The molecule has 4 N–H and O–H groups in total. The quantitative estimate of drug-likeness (QED) is 0.353. The standard InChI is InChI=1S/C7H12FN3O/c1-4(3-8)5(2)6(12)11-7(9)10/h3H2,1-2H3,(H4,9,10,11,12)/b5-4-. The van der Waals surface area contributed by atoms with Crippen LogP contribution >= 0.6 is 0 Å². The van der Waals surface area contributed by atoms with Crippen LogP contribution in [0.25, 0.3) is 0 Å². The Labute approximate surface area is 70.1 Å². The number of carbonyl (C=O) groups is 1. The van der Waals surface area contributed by atoms with Crippen molar-refractivity contribution in [3.05, 3.63) is 11.1 Å². The van der Waals surface area contributed by atoms with Crippen LogP contribution < -0.4 is 11.5 Å². The maximum absolute atomic E-state index is 12.0. The summed E-state index contributed by atoms with van der Waals surface area (Å²) in [5.41, 5.74) is 10.5. The Bertz CT molecular complexity index is 241. The van der Waals surface area contributed by atoms with E-state index in [0.717, 1.165) is 0 Å². The molecule has 0 fully saturated rings. The van der Waals surface area contributed by atoms with Gasteiger partial charge in [-0.3, -0.25) is 4.79 Å². The number of rotatable bonds is 2. The van der Waals surface area contributed by atoms with Gasteiger partial charge in [-0.2, -0.15) is 4.99 Å². The lowest BCUT2D eigenvalue weighted by Gasteiger charge is -1.98. The summed E-state index contributed by atoms with van der Waals surface area (Å²) in [4.78, 5) is 14.2. The van der Waals surface area contributed by atoms with Crippen LogP contribution in [-0.4, -0.2) is 18.5 Å².